The molecule has 45 heavy (non-hydrogen) atoms. The molecule has 1 saturated heterocycles. The normalized spacial score (nSPS) is 19.4. The Morgan fingerprint density at radius 1 is 1.20 bits per heavy atom. The van der Waals surface area contributed by atoms with E-state index in [1.54, 1.807) is 10.5 Å². The van der Waals surface area contributed by atoms with E-state index >= 15 is 0 Å². The first kappa shape index (κ1) is 30.6. The van der Waals surface area contributed by atoms with Crippen molar-refractivity contribution in [2.24, 2.45) is 5.41 Å². The first-order valence-corrected chi connectivity index (χ1v) is 14.5. The third-order valence-corrected chi connectivity index (χ3v) is 8.48. The van der Waals surface area contributed by atoms with Crippen LogP contribution in [0.1, 0.15) is 54.5 Å². The Hall–Kier alpha value is -4.43. The lowest BCUT2D eigenvalue weighted by Gasteiger charge is -2.39. The van der Waals surface area contributed by atoms with Crippen molar-refractivity contribution in [3.8, 4) is 17.0 Å². The fourth-order valence-corrected chi connectivity index (χ4v) is 5.59. The summed E-state index contributed by atoms with van der Waals surface area (Å²) >= 11 is 6.63. The minimum Gasteiger partial charge on any atom is -0.496 e. The molecule has 4 aromatic rings. The fourth-order valence-electron chi connectivity index (χ4n) is 5.37. The van der Waals surface area contributed by atoms with Crippen LogP contribution < -0.4 is 15.8 Å². The monoisotopic (exact) mass is 643 g/mol. The molecule has 2 atom stereocenters. The van der Waals surface area contributed by atoms with Crippen molar-refractivity contribution in [3.05, 3.63) is 64.8 Å². The molecule has 15 heteroatoms. The molecule has 236 valence electrons. The molecule has 3 N–H and O–H groups in total. The van der Waals surface area contributed by atoms with Crippen LogP contribution in [0.15, 0.2) is 42.7 Å². The van der Waals surface area contributed by atoms with Crippen LogP contribution in [-0.2, 0) is 15.7 Å². The molecule has 0 unspecified atom stereocenters. The Bertz CT molecular complexity index is 1830. The van der Waals surface area contributed by atoms with E-state index in [4.69, 9.17) is 31.8 Å². The third kappa shape index (κ3) is 5.63. The van der Waals surface area contributed by atoms with E-state index < -0.39 is 23.8 Å². The standard InChI is InChI=1S/C30H29ClF3N7O4/c1-15-14-45-20(13-40(15)28(43)29(2)7-8-29)26-39-23(24-25(35)37-12-21(31)41(24)26)18-5-4-16(10-19(18)44-3)27(42)38-22-11-17(6-9-36-22)30(32,33)34/h4-6,9-12,15,20H,7-8,13-14H2,1-3H3,(H2,35,37)(H,36,38,42)/t15-,20+/m0/s1. The van der Waals surface area contributed by atoms with Crippen molar-refractivity contribution in [2.75, 3.05) is 31.3 Å². The van der Waals surface area contributed by atoms with E-state index in [1.807, 2.05) is 18.7 Å². The number of fused-ring (bicyclic) bond motifs is 1. The summed E-state index contributed by atoms with van der Waals surface area (Å²) in [5.41, 5.74) is 6.28. The first-order chi connectivity index (χ1) is 21.3. The maximum absolute atomic E-state index is 13.3. The molecular formula is C30H29ClF3N7O4. The predicted octanol–water partition coefficient (Wildman–Crippen LogP) is 5.40. The maximum Gasteiger partial charge on any atom is 0.416 e. The highest BCUT2D eigenvalue weighted by atomic mass is 35.5. The van der Waals surface area contributed by atoms with Gasteiger partial charge in [0.1, 0.15) is 45.7 Å². The van der Waals surface area contributed by atoms with Crippen molar-refractivity contribution < 1.29 is 32.2 Å². The number of imidazole rings is 1. The number of aromatic nitrogens is 4. The summed E-state index contributed by atoms with van der Waals surface area (Å²) in [6.07, 6.45) is -1.19. The summed E-state index contributed by atoms with van der Waals surface area (Å²) in [5, 5.41) is 2.60. The Kier molecular flexibility index (Phi) is 7.60. The van der Waals surface area contributed by atoms with Gasteiger partial charge in [-0.15, -0.1) is 0 Å². The number of alkyl halides is 3. The molecule has 1 aliphatic carbocycles. The van der Waals surface area contributed by atoms with E-state index in [2.05, 4.69) is 15.3 Å². The zero-order valence-corrected chi connectivity index (χ0v) is 25.2. The van der Waals surface area contributed by atoms with E-state index in [1.165, 1.54) is 25.4 Å². The topological polar surface area (TPSA) is 137 Å². The second-order valence-electron chi connectivity index (χ2n) is 11.5. The van der Waals surface area contributed by atoms with Gasteiger partial charge in [-0.05, 0) is 50.1 Å². The Balaban J connectivity index is 1.36. The molecule has 1 aliphatic heterocycles. The number of benzene rings is 1. The molecule has 0 radical (unpaired) electrons. The van der Waals surface area contributed by atoms with Gasteiger partial charge in [-0.2, -0.15) is 13.2 Å². The lowest BCUT2D eigenvalue weighted by atomic mass is 10.1. The highest BCUT2D eigenvalue weighted by Crippen LogP contribution is 2.48. The average Bonchev–Trinajstić information content (AvgIpc) is 3.64. The number of anilines is 2. The molecule has 3 aromatic heterocycles. The van der Waals surface area contributed by atoms with Gasteiger partial charge < -0.3 is 25.4 Å². The Morgan fingerprint density at radius 2 is 1.96 bits per heavy atom. The summed E-state index contributed by atoms with van der Waals surface area (Å²) in [7, 11) is 1.40. The number of halogens is 4. The van der Waals surface area contributed by atoms with Crippen molar-refractivity contribution in [3.63, 3.8) is 0 Å². The molecule has 0 spiro atoms. The minimum absolute atomic E-state index is 0.0764. The lowest BCUT2D eigenvalue weighted by Crippen LogP contribution is -2.50. The number of hydrogen-bond donors (Lipinski definition) is 2. The summed E-state index contributed by atoms with van der Waals surface area (Å²) in [4.78, 5) is 41.0. The van der Waals surface area contributed by atoms with Crippen molar-refractivity contribution in [2.45, 2.75) is 45.0 Å². The molecule has 6 rings (SSSR count). The summed E-state index contributed by atoms with van der Waals surface area (Å²) < 4.78 is 52.8. The highest BCUT2D eigenvalue weighted by Gasteiger charge is 2.49. The van der Waals surface area contributed by atoms with Crippen molar-refractivity contribution in [1.29, 1.82) is 0 Å². The number of rotatable bonds is 6. The molecule has 1 saturated carbocycles. The van der Waals surface area contributed by atoms with Gasteiger partial charge in [0.15, 0.2) is 0 Å². The van der Waals surface area contributed by atoms with Gasteiger partial charge in [0.05, 0.1) is 38.1 Å². The number of amides is 2. The van der Waals surface area contributed by atoms with E-state index in [0.717, 1.165) is 31.2 Å². The molecular weight excluding hydrogens is 615 g/mol. The van der Waals surface area contributed by atoms with Crippen LogP contribution in [0.4, 0.5) is 24.8 Å². The molecule has 1 aromatic carbocycles. The van der Waals surface area contributed by atoms with E-state index in [0.29, 0.717) is 29.2 Å². The van der Waals surface area contributed by atoms with Gasteiger partial charge >= 0.3 is 6.18 Å². The number of pyridine rings is 1. The number of hydrogen-bond acceptors (Lipinski definition) is 8. The third-order valence-electron chi connectivity index (χ3n) is 8.22. The fraction of sp³-hybridized carbons (Fsp3) is 0.367. The zero-order valence-electron chi connectivity index (χ0n) is 24.5. The average molecular weight is 644 g/mol. The number of carbonyl (C=O) groups is 2. The van der Waals surface area contributed by atoms with Crippen LogP contribution >= 0.6 is 11.6 Å². The summed E-state index contributed by atoms with van der Waals surface area (Å²) in [6, 6.07) is 5.90. The summed E-state index contributed by atoms with van der Waals surface area (Å²) in [5.74, 6) is -0.138. The van der Waals surface area contributed by atoms with Crippen LogP contribution in [0.2, 0.25) is 5.15 Å². The Morgan fingerprint density at radius 3 is 2.64 bits per heavy atom. The van der Waals surface area contributed by atoms with Crippen LogP contribution in [0.3, 0.4) is 0 Å². The second-order valence-corrected chi connectivity index (χ2v) is 11.8. The number of methoxy groups -OCH3 is 1. The van der Waals surface area contributed by atoms with E-state index in [9.17, 15) is 22.8 Å². The number of nitrogens with two attached hydrogens (primary N) is 1. The number of nitrogen functional groups attached to an aromatic ring is 1. The molecule has 11 nitrogen and oxygen atoms in total. The Labute approximate surface area is 260 Å². The number of morpholine rings is 1. The zero-order chi connectivity index (χ0) is 32.3. The smallest absolute Gasteiger partial charge is 0.416 e. The van der Waals surface area contributed by atoms with Gasteiger partial charge in [-0.3, -0.25) is 14.0 Å². The number of ether oxygens (including phenoxy) is 2. The molecule has 0 bridgehead atoms. The largest absolute Gasteiger partial charge is 0.496 e. The van der Waals surface area contributed by atoms with Crippen molar-refractivity contribution in [1.82, 2.24) is 24.3 Å². The summed E-state index contributed by atoms with van der Waals surface area (Å²) in [6.45, 7) is 4.45. The van der Waals surface area contributed by atoms with Crippen LogP contribution in [-0.4, -0.2) is 62.4 Å². The first-order valence-electron chi connectivity index (χ1n) is 14.1. The molecule has 2 amide bonds. The minimum atomic E-state index is -4.59. The van der Waals surface area contributed by atoms with Gasteiger partial charge in [-0.1, -0.05) is 18.5 Å². The van der Waals surface area contributed by atoms with Crippen LogP contribution in [0, 0.1) is 5.41 Å². The number of nitrogens with zero attached hydrogens (tertiary/aromatic N) is 5. The number of nitrogens with one attached hydrogen (secondary N) is 1. The van der Waals surface area contributed by atoms with Gasteiger partial charge in [0, 0.05) is 22.7 Å². The molecule has 2 fully saturated rings. The molecule has 2 aliphatic rings. The van der Waals surface area contributed by atoms with Crippen LogP contribution in [0.5, 0.6) is 5.75 Å². The second kappa shape index (κ2) is 11.2. The van der Waals surface area contributed by atoms with Gasteiger partial charge in [0.2, 0.25) is 5.91 Å². The SMILES string of the molecule is COc1cc(C(=O)Nc2cc(C(F)(F)F)ccn2)ccc1-c1nc([C@H]2CN(C(=O)C3(C)CC3)[C@@H](C)CO2)n2c(Cl)cnc(N)c12. The highest BCUT2D eigenvalue weighted by molar-refractivity contribution is 6.30. The van der Waals surface area contributed by atoms with Gasteiger partial charge in [0.25, 0.3) is 5.91 Å². The van der Waals surface area contributed by atoms with Crippen molar-refractivity contribution >= 4 is 40.6 Å². The lowest BCUT2D eigenvalue weighted by molar-refractivity contribution is -0.150. The number of carbonyl (C=O) groups excluding carboxylic acids is 2. The van der Waals surface area contributed by atoms with Gasteiger partial charge in [-0.25, -0.2) is 15.0 Å². The maximum atomic E-state index is 13.3. The van der Waals surface area contributed by atoms with Crippen LogP contribution in [0.25, 0.3) is 16.8 Å². The quantitative estimate of drug-likeness (QED) is 0.285. The predicted molar refractivity (Wildman–Crippen MR) is 159 cm³/mol. The van der Waals surface area contributed by atoms with E-state index in [-0.39, 0.29) is 52.0 Å². The molecule has 4 heterocycles.